The second-order valence-corrected chi connectivity index (χ2v) is 4.11. The summed E-state index contributed by atoms with van der Waals surface area (Å²) in [5, 5.41) is 5.72. The Hall–Kier alpha value is -2.15. The van der Waals surface area contributed by atoms with Crippen molar-refractivity contribution in [3.05, 3.63) is 12.1 Å². The maximum absolute atomic E-state index is 11.6. The zero-order chi connectivity index (χ0) is 15.7. The first-order chi connectivity index (χ1) is 10.2. The summed E-state index contributed by atoms with van der Waals surface area (Å²) in [7, 11) is 6.20. The Bertz CT molecular complexity index is 440. The first-order valence-electron chi connectivity index (χ1n) is 6.45. The van der Waals surface area contributed by atoms with Gasteiger partial charge in [0.2, 0.25) is 11.7 Å². The molecular formula is C14H22N2O5. The lowest BCUT2D eigenvalue weighted by Crippen LogP contribution is -2.32. The number of amides is 1. The highest BCUT2D eigenvalue weighted by molar-refractivity contribution is 5.81. The molecule has 0 spiro atoms. The van der Waals surface area contributed by atoms with Crippen LogP contribution in [-0.2, 0) is 9.53 Å². The molecule has 0 fully saturated rings. The number of methoxy groups -OCH3 is 4. The van der Waals surface area contributed by atoms with Crippen molar-refractivity contribution in [2.75, 3.05) is 53.5 Å². The molecule has 118 valence electrons. The largest absolute Gasteiger partial charge is 0.493 e. The number of benzene rings is 1. The van der Waals surface area contributed by atoms with Crippen molar-refractivity contribution in [3.8, 4) is 17.2 Å². The molecule has 1 amide bonds. The van der Waals surface area contributed by atoms with Gasteiger partial charge in [-0.05, 0) is 0 Å². The minimum atomic E-state index is -0.124. The standard InChI is InChI=1S/C14H22N2O5/c1-18-6-5-15-13(17)9-16-10-7-11(19-2)14(21-4)12(8-10)20-3/h7-8,16H,5-6,9H2,1-4H3,(H,15,17). The van der Waals surface area contributed by atoms with Gasteiger partial charge in [0.15, 0.2) is 11.5 Å². The molecule has 0 aliphatic rings. The molecule has 7 nitrogen and oxygen atoms in total. The fourth-order valence-electron chi connectivity index (χ4n) is 1.72. The summed E-state index contributed by atoms with van der Waals surface area (Å²) in [6.07, 6.45) is 0. The lowest BCUT2D eigenvalue weighted by atomic mass is 10.2. The Labute approximate surface area is 124 Å². The van der Waals surface area contributed by atoms with Crippen molar-refractivity contribution >= 4 is 11.6 Å². The molecule has 0 aliphatic carbocycles. The van der Waals surface area contributed by atoms with Crippen molar-refractivity contribution in [1.29, 1.82) is 0 Å². The molecule has 0 saturated heterocycles. The van der Waals surface area contributed by atoms with Crippen LogP contribution in [0.15, 0.2) is 12.1 Å². The third kappa shape index (κ3) is 5.03. The number of hydrogen-bond acceptors (Lipinski definition) is 6. The maximum atomic E-state index is 11.6. The summed E-state index contributed by atoms with van der Waals surface area (Å²) in [6.45, 7) is 1.10. The minimum Gasteiger partial charge on any atom is -0.493 e. The summed E-state index contributed by atoms with van der Waals surface area (Å²) >= 11 is 0. The molecule has 0 radical (unpaired) electrons. The van der Waals surface area contributed by atoms with Crippen LogP contribution in [0.1, 0.15) is 0 Å². The first-order valence-corrected chi connectivity index (χ1v) is 6.45. The van der Waals surface area contributed by atoms with E-state index in [9.17, 15) is 4.79 Å². The molecule has 1 aromatic rings. The van der Waals surface area contributed by atoms with Crippen LogP contribution in [0.3, 0.4) is 0 Å². The van der Waals surface area contributed by atoms with Gasteiger partial charge in [0.05, 0.1) is 34.5 Å². The van der Waals surface area contributed by atoms with Crippen molar-refractivity contribution in [3.63, 3.8) is 0 Å². The van der Waals surface area contributed by atoms with Gasteiger partial charge in [0.1, 0.15) is 0 Å². The van der Waals surface area contributed by atoms with Crippen molar-refractivity contribution in [2.45, 2.75) is 0 Å². The van der Waals surface area contributed by atoms with Crippen LogP contribution in [0.2, 0.25) is 0 Å². The van der Waals surface area contributed by atoms with Gasteiger partial charge < -0.3 is 29.6 Å². The molecule has 0 heterocycles. The average molecular weight is 298 g/mol. The molecule has 0 bridgehead atoms. The SMILES string of the molecule is COCCNC(=O)CNc1cc(OC)c(OC)c(OC)c1. The van der Waals surface area contributed by atoms with Crippen LogP contribution in [0, 0.1) is 0 Å². The third-order valence-electron chi connectivity index (χ3n) is 2.75. The molecule has 1 aromatic carbocycles. The topological polar surface area (TPSA) is 78.1 Å². The normalized spacial score (nSPS) is 9.90. The molecule has 7 heteroatoms. The smallest absolute Gasteiger partial charge is 0.239 e. The van der Waals surface area contributed by atoms with E-state index < -0.39 is 0 Å². The number of carbonyl (C=O) groups excluding carboxylic acids is 1. The first kappa shape index (κ1) is 16.9. The van der Waals surface area contributed by atoms with Crippen molar-refractivity contribution in [2.24, 2.45) is 0 Å². The van der Waals surface area contributed by atoms with E-state index in [0.717, 1.165) is 0 Å². The number of ether oxygens (including phenoxy) is 4. The van der Waals surface area contributed by atoms with Gasteiger partial charge in [0, 0.05) is 31.5 Å². The summed E-state index contributed by atoms with van der Waals surface area (Å²) < 4.78 is 20.6. The van der Waals surface area contributed by atoms with Crippen LogP contribution < -0.4 is 24.8 Å². The van der Waals surface area contributed by atoms with Gasteiger partial charge in [-0.1, -0.05) is 0 Å². The average Bonchev–Trinajstić information content (AvgIpc) is 2.51. The van der Waals surface area contributed by atoms with Crippen LogP contribution in [0.25, 0.3) is 0 Å². The van der Waals surface area contributed by atoms with Gasteiger partial charge in [-0.2, -0.15) is 0 Å². The van der Waals surface area contributed by atoms with E-state index in [-0.39, 0.29) is 12.5 Å². The highest BCUT2D eigenvalue weighted by Crippen LogP contribution is 2.39. The predicted molar refractivity (Wildman–Crippen MR) is 79.5 cm³/mol. The summed E-state index contributed by atoms with van der Waals surface area (Å²) in [5.41, 5.74) is 0.700. The van der Waals surface area contributed by atoms with Gasteiger partial charge in [0.25, 0.3) is 0 Å². The number of rotatable bonds is 9. The van der Waals surface area contributed by atoms with Gasteiger partial charge in [-0.25, -0.2) is 0 Å². The van der Waals surface area contributed by atoms with E-state index in [2.05, 4.69) is 10.6 Å². The zero-order valence-corrected chi connectivity index (χ0v) is 12.8. The Morgan fingerprint density at radius 3 is 2.14 bits per heavy atom. The highest BCUT2D eigenvalue weighted by Gasteiger charge is 2.13. The maximum Gasteiger partial charge on any atom is 0.239 e. The van der Waals surface area contributed by atoms with E-state index in [1.54, 1.807) is 33.5 Å². The summed E-state index contributed by atoms with van der Waals surface area (Å²) in [6, 6.07) is 3.48. The van der Waals surface area contributed by atoms with E-state index in [1.807, 2.05) is 0 Å². The molecule has 1 rings (SSSR count). The Balaban J connectivity index is 2.69. The fourth-order valence-corrected chi connectivity index (χ4v) is 1.72. The fraction of sp³-hybridized carbons (Fsp3) is 0.500. The molecular weight excluding hydrogens is 276 g/mol. The lowest BCUT2D eigenvalue weighted by molar-refractivity contribution is -0.119. The Morgan fingerprint density at radius 1 is 1.05 bits per heavy atom. The zero-order valence-electron chi connectivity index (χ0n) is 12.8. The Morgan fingerprint density at radius 2 is 1.67 bits per heavy atom. The van der Waals surface area contributed by atoms with E-state index in [0.29, 0.717) is 36.1 Å². The van der Waals surface area contributed by atoms with Crippen LogP contribution in [-0.4, -0.2) is 54.0 Å². The van der Waals surface area contributed by atoms with Crippen molar-refractivity contribution in [1.82, 2.24) is 5.32 Å². The minimum absolute atomic E-state index is 0.124. The van der Waals surface area contributed by atoms with Gasteiger partial charge in [-0.15, -0.1) is 0 Å². The van der Waals surface area contributed by atoms with E-state index in [4.69, 9.17) is 18.9 Å². The number of carbonyl (C=O) groups is 1. The number of nitrogens with one attached hydrogen (secondary N) is 2. The van der Waals surface area contributed by atoms with Crippen LogP contribution in [0.4, 0.5) is 5.69 Å². The predicted octanol–water partition coefficient (Wildman–Crippen LogP) is 0.887. The highest BCUT2D eigenvalue weighted by atomic mass is 16.5. The van der Waals surface area contributed by atoms with E-state index >= 15 is 0 Å². The van der Waals surface area contributed by atoms with E-state index in [1.165, 1.54) is 7.11 Å². The third-order valence-corrected chi connectivity index (χ3v) is 2.75. The molecule has 0 unspecified atom stereocenters. The molecule has 0 aliphatic heterocycles. The summed E-state index contributed by atoms with van der Waals surface area (Å²) in [5.74, 6) is 1.44. The van der Waals surface area contributed by atoms with Crippen molar-refractivity contribution < 1.29 is 23.7 Å². The Kier molecular flexibility index (Phi) is 7.17. The number of hydrogen-bond donors (Lipinski definition) is 2. The quantitative estimate of drug-likeness (QED) is 0.659. The lowest BCUT2D eigenvalue weighted by Gasteiger charge is -2.15. The van der Waals surface area contributed by atoms with Gasteiger partial charge >= 0.3 is 0 Å². The molecule has 2 N–H and O–H groups in total. The monoisotopic (exact) mass is 298 g/mol. The molecule has 0 atom stereocenters. The summed E-state index contributed by atoms with van der Waals surface area (Å²) in [4.78, 5) is 11.6. The second kappa shape index (κ2) is 8.91. The number of anilines is 1. The second-order valence-electron chi connectivity index (χ2n) is 4.11. The molecule has 0 aromatic heterocycles. The van der Waals surface area contributed by atoms with Crippen LogP contribution >= 0.6 is 0 Å². The van der Waals surface area contributed by atoms with Gasteiger partial charge in [-0.3, -0.25) is 4.79 Å². The molecule has 21 heavy (non-hydrogen) atoms. The van der Waals surface area contributed by atoms with Crippen LogP contribution in [0.5, 0.6) is 17.2 Å². The molecule has 0 saturated carbocycles.